The van der Waals surface area contributed by atoms with Crippen molar-refractivity contribution in [2.75, 3.05) is 18.8 Å². The van der Waals surface area contributed by atoms with Crippen LogP contribution in [0.15, 0.2) is 11.4 Å². The number of thioether (sulfide) groups is 1. The SMILES string of the molecule is CCN(CC)C(=O)CSc1ncc(CO)n1CC(C)C. The summed E-state index contributed by atoms with van der Waals surface area (Å²) in [7, 11) is 0. The van der Waals surface area contributed by atoms with E-state index in [1.807, 2.05) is 23.3 Å². The van der Waals surface area contributed by atoms with Gasteiger partial charge in [0.15, 0.2) is 5.16 Å². The number of rotatable bonds is 8. The number of aromatic nitrogens is 2. The van der Waals surface area contributed by atoms with Crippen LogP contribution in [0.1, 0.15) is 33.4 Å². The van der Waals surface area contributed by atoms with Crippen LogP contribution in [-0.2, 0) is 17.9 Å². The van der Waals surface area contributed by atoms with Crippen molar-refractivity contribution in [3.8, 4) is 0 Å². The van der Waals surface area contributed by atoms with Gasteiger partial charge in [0.25, 0.3) is 0 Å². The normalized spacial score (nSPS) is 11.1. The van der Waals surface area contributed by atoms with Crippen LogP contribution >= 0.6 is 11.8 Å². The summed E-state index contributed by atoms with van der Waals surface area (Å²) >= 11 is 1.44. The first-order valence-corrected chi connectivity index (χ1v) is 8.07. The lowest BCUT2D eigenvalue weighted by atomic mass is 10.2. The molecule has 114 valence electrons. The van der Waals surface area contributed by atoms with Crippen LogP contribution < -0.4 is 0 Å². The zero-order valence-corrected chi connectivity index (χ0v) is 13.6. The number of carbonyl (C=O) groups is 1. The Hall–Kier alpha value is -1.01. The topological polar surface area (TPSA) is 58.4 Å². The van der Waals surface area contributed by atoms with Gasteiger partial charge in [-0.3, -0.25) is 4.79 Å². The maximum atomic E-state index is 12.0. The number of amides is 1. The Morgan fingerprint density at radius 2 is 2.10 bits per heavy atom. The molecule has 0 saturated heterocycles. The summed E-state index contributed by atoms with van der Waals surface area (Å²) in [5, 5.41) is 10.1. The van der Waals surface area contributed by atoms with Crippen LogP contribution in [0.25, 0.3) is 0 Å². The molecule has 1 rings (SSSR count). The zero-order chi connectivity index (χ0) is 15.1. The quantitative estimate of drug-likeness (QED) is 0.746. The molecule has 0 aliphatic heterocycles. The molecule has 0 saturated carbocycles. The van der Waals surface area contributed by atoms with E-state index in [9.17, 15) is 9.90 Å². The first-order chi connectivity index (χ1) is 9.53. The van der Waals surface area contributed by atoms with E-state index in [4.69, 9.17) is 0 Å². The Morgan fingerprint density at radius 1 is 1.45 bits per heavy atom. The van der Waals surface area contributed by atoms with Crippen LogP contribution in [0.3, 0.4) is 0 Å². The molecule has 20 heavy (non-hydrogen) atoms. The van der Waals surface area contributed by atoms with E-state index < -0.39 is 0 Å². The lowest BCUT2D eigenvalue weighted by Gasteiger charge is -2.18. The van der Waals surface area contributed by atoms with E-state index >= 15 is 0 Å². The lowest BCUT2D eigenvalue weighted by molar-refractivity contribution is -0.127. The van der Waals surface area contributed by atoms with Crippen molar-refractivity contribution in [1.29, 1.82) is 0 Å². The van der Waals surface area contributed by atoms with E-state index in [0.29, 0.717) is 11.7 Å². The smallest absolute Gasteiger partial charge is 0.233 e. The average Bonchev–Trinajstić information content (AvgIpc) is 2.79. The summed E-state index contributed by atoms with van der Waals surface area (Å²) in [6.07, 6.45) is 1.69. The van der Waals surface area contributed by atoms with Gasteiger partial charge in [-0.2, -0.15) is 0 Å². The van der Waals surface area contributed by atoms with E-state index in [-0.39, 0.29) is 12.5 Å². The van der Waals surface area contributed by atoms with E-state index in [0.717, 1.165) is 30.5 Å². The predicted molar refractivity (Wildman–Crippen MR) is 81.6 cm³/mol. The van der Waals surface area contributed by atoms with Gasteiger partial charge in [-0.25, -0.2) is 4.98 Å². The molecule has 1 N–H and O–H groups in total. The average molecular weight is 299 g/mol. The maximum absolute atomic E-state index is 12.0. The van der Waals surface area contributed by atoms with Gasteiger partial charge in [-0.1, -0.05) is 25.6 Å². The number of carbonyl (C=O) groups excluding carboxylic acids is 1. The molecule has 0 bridgehead atoms. The molecular weight excluding hydrogens is 274 g/mol. The van der Waals surface area contributed by atoms with Gasteiger partial charge in [0.1, 0.15) is 0 Å². The highest BCUT2D eigenvalue weighted by Crippen LogP contribution is 2.20. The van der Waals surface area contributed by atoms with E-state index in [1.165, 1.54) is 11.8 Å². The van der Waals surface area contributed by atoms with Gasteiger partial charge >= 0.3 is 0 Å². The van der Waals surface area contributed by atoms with Crippen molar-refractivity contribution in [3.63, 3.8) is 0 Å². The molecular formula is C14H25N3O2S. The van der Waals surface area contributed by atoms with Crippen LogP contribution in [-0.4, -0.2) is 44.3 Å². The van der Waals surface area contributed by atoms with Crippen LogP contribution in [0.2, 0.25) is 0 Å². The molecule has 1 amide bonds. The highest BCUT2D eigenvalue weighted by molar-refractivity contribution is 7.99. The third-order valence-corrected chi connectivity index (χ3v) is 4.03. The first-order valence-electron chi connectivity index (χ1n) is 7.09. The van der Waals surface area contributed by atoms with Crippen LogP contribution in [0, 0.1) is 5.92 Å². The van der Waals surface area contributed by atoms with Crippen LogP contribution in [0.5, 0.6) is 0 Å². The molecule has 0 aliphatic carbocycles. The maximum Gasteiger partial charge on any atom is 0.233 e. The highest BCUT2D eigenvalue weighted by atomic mass is 32.2. The molecule has 5 nitrogen and oxygen atoms in total. The monoisotopic (exact) mass is 299 g/mol. The minimum atomic E-state index is -0.0235. The molecule has 6 heteroatoms. The molecule has 1 aromatic heterocycles. The standard InChI is InChI=1S/C14H25N3O2S/c1-5-16(6-2)13(19)10-20-14-15-7-12(9-18)17(14)8-11(3)4/h7,11,18H,5-6,8-10H2,1-4H3. The molecule has 0 atom stereocenters. The first kappa shape index (κ1) is 17.0. The van der Waals surface area contributed by atoms with Gasteiger partial charge in [0.05, 0.1) is 24.3 Å². The summed E-state index contributed by atoms with van der Waals surface area (Å²) in [4.78, 5) is 18.1. The fourth-order valence-electron chi connectivity index (χ4n) is 1.99. The van der Waals surface area contributed by atoms with Gasteiger partial charge in [0.2, 0.25) is 5.91 Å². The van der Waals surface area contributed by atoms with E-state index in [1.54, 1.807) is 6.20 Å². The molecule has 0 aromatic carbocycles. The number of nitrogens with zero attached hydrogens (tertiary/aromatic N) is 3. The van der Waals surface area contributed by atoms with Crippen molar-refractivity contribution in [2.24, 2.45) is 5.92 Å². The van der Waals surface area contributed by atoms with Crippen molar-refractivity contribution in [2.45, 2.75) is 46.0 Å². The Morgan fingerprint density at radius 3 is 2.60 bits per heavy atom. The lowest BCUT2D eigenvalue weighted by Crippen LogP contribution is -2.32. The molecule has 1 aromatic rings. The second-order valence-electron chi connectivity index (χ2n) is 5.05. The van der Waals surface area contributed by atoms with Crippen molar-refractivity contribution >= 4 is 17.7 Å². The summed E-state index contributed by atoms with van der Waals surface area (Å²) in [5.41, 5.74) is 0.802. The molecule has 0 unspecified atom stereocenters. The van der Waals surface area contributed by atoms with Gasteiger partial charge < -0.3 is 14.6 Å². The van der Waals surface area contributed by atoms with E-state index in [2.05, 4.69) is 18.8 Å². The Labute approximate surface area is 125 Å². The molecule has 0 radical (unpaired) electrons. The fraction of sp³-hybridized carbons (Fsp3) is 0.714. The Kier molecular flexibility index (Phi) is 7.09. The third-order valence-electron chi connectivity index (χ3n) is 3.05. The third kappa shape index (κ3) is 4.52. The Balaban J connectivity index is 2.72. The molecule has 1 heterocycles. The summed E-state index contributed by atoms with van der Waals surface area (Å²) in [6.45, 7) is 10.5. The fourth-order valence-corrected chi connectivity index (χ4v) is 2.90. The Bertz CT molecular complexity index is 428. The highest BCUT2D eigenvalue weighted by Gasteiger charge is 2.15. The van der Waals surface area contributed by atoms with Crippen LogP contribution in [0.4, 0.5) is 0 Å². The summed E-state index contributed by atoms with van der Waals surface area (Å²) in [6, 6.07) is 0. The van der Waals surface area contributed by atoms with Gasteiger partial charge in [-0.05, 0) is 19.8 Å². The number of imidazole rings is 1. The van der Waals surface area contributed by atoms with Crippen molar-refractivity contribution in [1.82, 2.24) is 14.5 Å². The number of aliphatic hydroxyl groups is 1. The second kappa shape index (κ2) is 8.32. The van der Waals surface area contributed by atoms with Crippen molar-refractivity contribution < 1.29 is 9.90 Å². The largest absolute Gasteiger partial charge is 0.390 e. The summed E-state index contributed by atoms with van der Waals surface area (Å²) in [5.74, 6) is 0.985. The number of hydrogen-bond acceptors (Lipinski definition) is 4. The van der Waals surface area contributed by atoms with Crippen molar-refractivity contribution in [3.05, 3.63) is 11.9 Å². The molecule has 0 aliphatic rings. The minimum absolute atomic E-state index is 0.0235. The minimum Gasteiger partial charge on any atom is -0.390 e. The predicted octanol–water partition coefficient (Wildman–Crippen LogP) is 1.99. The van der Waals surface area contributed by atoms with Gasteiger partial charge in [0, 0.05) is 19.6 Å². The second-order valence-corrected chi connectivity index (χ2v) is 5.99. The molecule has 0 fully saturated rings. The molecule has 0 spiro atoms. The van der Waals surface area contributed by atoms with Gasteiger partial charge in [-0.15, -0.1) is 0 Å². The summed E-state index contributed by atoms with van der Waals surface area (Å²) < 4.78 is 2.00. The number of aliphatic hydroxyl groups excluding tert-OH is 1. The number of hydrogen-bond donors (Lipinski definition) is 1. The zero-order valence-electron chi connectivity index (χ0n) is 12.8.